The number of anilines is 1. The van der Waals surface area contributed by atoms with Gasteiger partial charge in [-0.2, -0.15) is 0 Å². The van der Waals surface area contributed by atoms with Gasteiger partial charge in [-0.25, -0.2) is 0 Å². The average molecular weight is 592 g/mol. The van der Waals surface area contributed by atoms with E-state index in [-0.39, 0.29) is 62.0 Å². The van der Waals surface area contributed by atoms with E-state index < -0.39 is 36.3 Å². The van der Waals surface area contributed by atoms with Crippen LogP contribution in [0, 0.1) is 0 Å². The summed E-state index contributed by atoms with van der Waals surface area (Å²) in [7, 11) is 0. The van der Waals surface area contributed by atoms with Crippen molar-refractivity contribution in [1.82, 2.24) is 0 Å². The summed E-state index contributed by atoms with van der Waals surface area (Å²) >= 11 is 1.43. The Hall–Kier alpha value is -0.840. The number of hydrogen-bond donors (Lipinski definition) is 4. The number of carboxylic acids is 2. The van der Waals surface area contributed by atoms with Gasteiger partial charge in [-0.1, -0.05) is 69.7 Å². The molecular weight excluding hydrogens is 548 g/mol. The monoisotopic (exact) mass is 591 g/mol. The fourth-order valence-corrected chi connectivity index (χ4v) is 5.13. The molecule has 2 aromatic carbocycles. The van der Waals surface area contributed by atoms with Crippen molar-refractivity contribution >= 4 is 35.3 Å². The zero-order valence-corrected chi connectivity index (χ0v) is 29.0. The van der Waals surface area contributed by atoms with Crippen LogP contribution in [0.15, 0.2) is 53.4 Å². The fraction of sp³-hybridized carbons (Fsp3) is 0.500. The van der Waals surface area contributed by atoms with Crippen LogP contribution in [0.25, 0.3) is 0 Å². The number of hydrogen-bond acceptors (Lipinski definition) is 5. The summed E-state index contributed by atoms with van der Waals surface area (Å²) in [5, 5.41) is 31.4. The van der Waals surface area contributed by atoms with Crippen LogP contribution in [0.1, 0.15) is 91.0 Å². The normalized spacial score (nSPS) is 11.9. The first-order valence-electron chi connectivity index (χ1n) is 13.5. The molecule has 212 valence electrons. The molecule has 2 rings (SSSR count). The number of carbonyl (C=O) groups is 3. The van der Waals surface area contributed by atoms with Crippen LogP contribution in [0.4, 0.5) is 5.69 Å². The van der Waals surface area contributed by atoms with E-state index in [1.165, 1.54) is 55.9 Å². The van der Waals surface area contributed by atoms with Gasteiger partial charge >= 0.3 is 71.1 Å². The first kappa shape index (κ1) is 39.2. The zero-order chi connectivity index (χ0) is 27.8. The molecule has 0 spiro atoms. The Kier molecular flexibility index (Phi) is 22.2. The van der Waals surface area contributed by atoms with E-state index in [1.54, 1.807) is 24.3 Å². The third-order valence-electron chi connectivity index (χ3n) is 6.43. The molecule has 0 heterocycles. The number of carboxylic acid groups (broad SMARTS) is 2. The predicted octanol–water partition coefficient (Wildman–Crippen LogP) is 0.728. The van der Waals surface area contributed by atoms with E-state index in [0.29, 0.717) is 24.3 Å². The molecule has 0 fully saturated rings. The molecule has 4 N–H and O–H groups in total. The van der Waals surface area contributed by atoms with Gasteiger partial charge in [-0.15, -0.1) is 11.8 Å². The molecule has 0 aliphatic heterocycles. The Bertz CT molecular complexity index is 1020. The second-order valence-corrected chi connectivity index (χ2v) is 10.8. The minimum atomic E-state index is -1.19. The van der Waals surface area contributed by atoms with Gasteiger partial charge in [-0.3, -0.25) is 14.4 Å². The number of thioether (sulfide) groups is 1. The quantitative estimate of drug-likeness (QED) is 0.0822. The number of benzene rings is 2. The van der Waals surface area contributed by atoms with Gasteiger partial charge in [0.1, 0.15) is 6.42 Å². The topological polar surface area (TPSA) is 124 Å². The van der Waals surface area contributed by atoms with Gasteiger partial charge in [-0.05, 0) is 61.1 Å². The molecule has 0 saturated carbocycles. The van der Waals surface area contributed by atoms with Crippen molar-refractivity contribution in [3.63, 3.8) is 0 Å². The summed E-state index contributed by atoms with van der Waals surface area (Å²) in [5.41, 5.74) is 2.50. The fourth-order valence-electron chi connectivity index (χ4n) is 4.25. The van der Waals surface area contributed by atoms with Crippen LogP contribution in [-0.2, 0) is 20.8 Å². The summed E-state index contributed by atoms with van der Waals surface area (Å²) in [4.78, 5) is 34.9. The molecule has 10 heteroatoms. The van der Waals surface area contributed by atoms with Crippen LogP contribution in [-0.4, -0.2) is 45.0 Å². The van der Waals surface area contributed by atoms with Crippen LogP contribution in [0.2, 0.25) is 0 Å². The van der Waals surface area contributed by atoms with Gasteiger partial charge in [0.25, 0.3) is 0 Å². The van der Waals surface area contributed by atoms with Crippen molar-refractivity contribution < 1.29 is 91.7 Å². The number of rotatable bonds is 19. The first-order valence-corrected chi connectivity index (χ1v) is 14.5. The molecule has 0 aliphatic carbocycles. The number of aryl methyl sites for hydroxylation is 1. The van der Waals surface area contributed by atoms with E-state index in [0.717, 1.165) is 23.3 Å². The van der Waals surface area contributed by atoms with Crippen molar-refractivity contribution in [2.75, 3.05) is 11.1 Å². The maximum atomic E-state index is 11.9. The smallest absolute Gasteiger partial charge is 1.00 e. The van der Waals surface area contributed by atoms with Crippen LogP contribution < -0.4 is 64.4 Å². The van der Waals surface area contributed by atoms with Gasteiger partial charge < -0.3 is 23.5 Å². The summed E-state index contributed by atoms with van der Waals surface area (Å²) in [6, 6.07) is 14.8. The Morgan fingerprint density at radius 3 is 2.02 bits per heavy atom. The number of nitrogens with one attached hydrogen (secondary N) is 1. The molecule has 2 aromatic rings. The second-order valence-electron chi connectivity index (χ2n) is 9.69. The molecule has 7 nitrogen and oxygen atoms in total. The van der Waals surface area contributed by atoms with E-state index in [1.807, 2.05) is 24.3 Å². The predicted molar refractivity (Wildman–Crippen MR) is 154 cm³/mol. The Balaban J connectivity index is -0.00000380. The Labute approximate surface area is 289 Å². The number of carbonyl (C=O) groups excluding carboxylic acids is 1. The van der Waals surface area contributed by atoms with Crippen molar-refractivity contribution in [2.45, 2.75) is 94.5 Å². The molecule has 0 bridgehead atoms. The van der Waals surface area contributed by atoms with Crippen molar-refractivity contribution in [3.8, 4) is 0 Å². The van der Waals surface area contributed by atoms with Gasteiger partial charge in [0, 0.05) is 16.3 Å². The minimum absolute atomic E-state index is 0. The second kappa shape index (κ2) is 22.7. The molecule has 1 amide bonds. The summed E-state index contributed by atoms with van der Waals surface area (Å²) in [5.74, 6) is -2.91. The Morgan fingerprint density at radius 1 is 0.850 bits per heavy atom. The largest absolute Gasteiger partial charge is 1.00 e. The zero-order valence-electron chi connectivity index (χ0n) is 26.2. The van der Waals surface area contributed by atoms with E-state index in [2.05, 4.69) is 12.2 Å². The third kappa shape index (κ3) is 16.6. The van der Waals surface area contributed by atoms with Crippen molar-refractivity contribution in [2.24, 2.45) is 0 Å². The molecule has 0 aliphatic rings. The number of aliphatic carboxylic acids is 2. The molecule has 2 atom stereocenters. The molecule has 2 unspecified atom stereocenters. The van der Waals surface area contributed by atoms with E-state index >= 15 is 0 Å². The first-order chi connectivity index (χ1) is 18.3. The third-order valence-corrected chi connectivity index (χ3v) is 7.59. The maximum Gasteiger partial charge on any atom is 1.00 e. The Morgan fingerprint density at radius 2 is 1.45 bits per heavy atom. The summed E-state index contributed by atoms with van der Waals surface area (Å²) < 4.78 is 0. The molecular formula is C30H43NNa2O6S. The number of unbranched alkanes of at least 4 members (excludes halogenated alkanes) is 6. The number of aliphatic hydroxyl groups is 1. The maximum absolute atomic E-state index is 11.9. The average Bonchev–Trinajstić information content (AvgIpc) is 2.88. The number of amides is 1. The molecule has 40 heavy (non-hydrogen) atoms. The molecule has 0 aromatic heterocycles. The number of aliphatic hydroxyl groups excluding tert-OH is 1. The van der Waals surface area contributed by atoms with E-state index in [4.69, 9.17) is 5.11 Å². The van der Waals surface area contributed by atoms with Crippen LogP contribution in [0.3, 0.4) is 0 Å². The molecule has 0 radical (unpaired) electrons. The van der Waals surface area contributed by atoms with Crippen molar-refractivity contribution in [1.29, 1.82) is 0 Å². The van der Waals surface area contributed by atoms with Gasteiger partial charge in [0.05, 0.1) is 12.0 Å². The minimum Gasteiger partial charge on any atom is -1.00 e. The van der Waals surface area contributed by atoms with Crippen LogP contribution >= 0.6 is 11.8 Å². The van der Waals surface area contributed by atoms with Gasteiger partial charge in [0.15, 0.2) is 0 Å². The summed E-state index contributed by atoms with van der Waals surface area (Å²) in [6.45, 7) is 2.22. The summed E-state index contributed by atoms with van der Waals surface area (Å²) in [6.07, 6.45) is 9.34. The molecule has 0 saturated heterocycles. The van der Waals surface area contributed by atoms with Crippen molar-refractivity contribution in [3.05, 3.63) is 59.7 Å². The SMILES string of the molecule is CCCCCCCCCc1ccc(C(CCC(O)CSc2ccc(NC(=O)CC(=O)O)cc2)C(=O)O)cc1.[H-].[H-].[Na+].[Na+]. The van der Waals surface area contributed by atoms with E-state index in [9.17, 15) is 24.6 Å². The van der Waals surface area contributed by atoms with Gasteiger partial charge in [0.2, 0.25) is 5.91 Å². The standard InChI is InChI=1S/C30H41NO6S.2Na.2H/c1-2-3-4-5-6-7-8-9-22-10-12-23(13-11-22)27(30(36)37)19-16-25(32)21-38-26-17-14-24(15-18-26)31-28(33)20-29(34)35;;;;/h10-15,17-18,25,27,32H,2-9,16,19-21H2,1H3,(H,31,33)(H,34,35)(H,36,37);;;;/q;2*+1;2*-1. The van der Waals surface area contributed by atoms with Crippen LogP contribution in [0.5, 0.6) is 0 Å².